The smallest absolute Gasteiger partial charge is 0.252 e. The van der Waals surface area contributed by atoms with Gasteiger partial charge in [0.1, 0.15) is 6.04 Å². The van der Waals surface area contributed by atoms with E-state index in [4.69, 9.17) is 0 Å². The average Bonchev–Trinajstić information content (AvgIpc) is 2.73. The van der Waals surface area contributed by atoms with Gasteiger partial charge in [-0.1, -0.05) is 32.0 Å². The predicted octanol–water partition coefficient (Wildman–Crippen LogP) is 2.59. The van der Waals surface area contributed by atoms with E-state index < -0.39 is 6.04 Å². The highest BCUT2D eigenvalue weighted by Gasteiger charge is 2.40. The van der Waals surface area contributed by atoms with Crippen molar-refractivity contribution < 1.29 is 9.59 Å². The summed E-state index contributed by atoms with van der Waals surface area (Å²) in [5.74, 6) is -0.175. The quantitative estimate of drug-likeness (QED) is 0.840. The highest BCUT2D eigenvalue weighted by Crippen LogP contribution is 2.23. The van der Waals surface area contributed by atoms with Crippen LogP contribution in [0.3, 0.4) is 0 Å². The Bertz CT molecular complexity index is 513. The lowest BCUT2D eigenvalue weighted by molar-refractivity contribution is -0.140. The molecule has 0 bridgehead atoms. The standard InChI is InChI=1S/C16H22N2O2/c1-4-11(3)18-15(19)10-14(16(18)20)17-13-9-7-6-8-12(13)5-2/h6-9,11,14,17H,4-5,10H2,1-3H3. The van der Waals surface area contributed by atoms with E-state index in [1.54, 1.807) is 0 Å². The Morgan fingerprint density at radius 1 is 1.30 bits per heavy atom. The lowest BCUT2D eigenvalue weighted by Crippen LogP contribution is -2.40. The number of nitrogens with zero attached hydrogens (tertiary/aromatic N) is 1. The topological polar surface area (TPSA) is 49.4 Å². The first-order valence-electron chi connectivity index (χ1n) is 7.28. The van der Waals surface area contributed by atoms with Gasteiger partial charge >= 0.3 is 0 Å². The summed E-state index contributed by atoms with van der Waals surface area (Å²) in [6, 6.07) is 7.47. The number of aryl methyl sites for hydroxylation is 1. The third-order valence-electron chi connectivity index (χ3n) is 3.94. The number of likely N-dealkylation sites (tertiary alicyclic amines) is 1. The van der Waals surface area contributed by atoms with E-state index in [1.165, 1.54) is 4.90 Å². The van der Waals surface area contributed by atoms with E-state index in [9.17, 15) is 9.59 Å². The van der Waals surface area contributed by atoms with Crippen LogP contribution in [0.5, 0.6) is 0 Å². The third-order valence-corrected chi connectivity index (χ3v) is 3.94. The van der Waals surface area contributed by atoms with E-state index in [2.05, 4.69) is 12.2 Å². The minimum absolute atomic E-state index is 0.0248. The number of benzene rings is 1. The minimum Gasteiger partial charge on any atom is -0.373 e. The molecule has 0 saturated carbocycles. The molecule has 0 spiro atoms. The third kappa shape index (κ3) is 2.69. The molecule has 1 aromatic rings. The van der Waals surface area contributed by atoms with E-state index >= 15 is 0 Å². The fourth-order valence-corrected chi connectivity index (χ4v) is 2.57. The molecule has 1 heterocycles. The number of imide groups is 1. The molecule has 1 aliphatic rings. The first-order valence-corrected chi connectivity index (χ1v) is 7.28. The Hall–Kier alpha value is -1.84. The van der Waals surface area contributed by atoms with Crippen molar-refractivity contribution in [3.63, 3.8) is 0 Å². The molecule has 1 aromatic carbocycles. The van der Waals surface area contributed by atoms with Gasteiger partial charge in [-0.25, -0.2) is 0 Å². The van der Waals surface area contributed by atoms with Crippen molar-refractivity contribution in [1.29, 1.82) is 0 Å². The highest BCUT2D eigenvalue weighted by molar-refractivity contribution is 6.07. The molecule has 0 aliphatic carbocycles. The number of carbonyl (C=O) groups excluding carboxylic acids is 2. The van der Waals surface area contributed by atoms with Gasteiger partial charge in [0.05, 0.1) is 6.42 Å². The van der Waals surface area contributed by atoms with Gasteiger partial charge in [0.2, 0.25) is 5.91 Å². The number of carbonyl (C=O) groups is 2. The van der Waals surface area contributed by atoms with E-state index in [0.717, 1.165) is 24.1 Å². The number of hydrogen-bond donors (Lipinski definition) is 1. The van der Waals surface area contributed by atoms with Crippen LogP contribution in [0.4, 0.5) is 5.69 Å². The summed E-state index contributed by atoms with van der Waals surface area (Å²) >= 11 is 0. The zero-order valence-corrected chi connectivity index (χ0v) is 12.3. The summed E-state index contributed by atoms with van der Waals surface area (Å²) in [5, 5.41) is 3.24. The van der Waals surface area contributed by atoms with Crippen molar-refractivity contribution >= 4 is 17.5 Å². The van der Waals surface area contributed by atoms with Gasteiger partial charge in [-0.2, -0.15) is 0 Å². The van der Waals surface area contributed by atoms with Crippen molar-refractivity contribution in [2.45, 2.75) is 52.1 Å². The van der Waals surface area contributed by atoms with Gasteiger partial charge in [0.25, 0.3) is 5.91 Å². The fourth-order valence-electron chi connectivity index (χ4n) is 2.57. The second-order valence-electron chi connectivity index (χ2n) is 5.27. The molecule has 2 atom stereocenters. The Kier molecular flexibility index (Phi) is 4.42. The van der Waals surface area contributed by atoms with Crippen LogP contribution in [-0.2, 0) is 16.0 Å². The van der Waals surface area contributed by atoms with Crippen molar-refractivity contribution in [2.24, 2.45) is 0 Å². The second kappa shape index (κ2) is 6.07. The van der Waals surface area contributed by atoms with E-state index in [1.807, 2.05) is 38.1 Å². The maximum atomic E-state index is 12.4. The molecule has 1 aliphatic heterocycles. The molecule has 4 heteroatoms. The Balaban J connectivity index is 2.15. The molecule has 20 heavy (non-hydrogen) atoms. The van der Waals surface area contributed by atoms with Crippen molar-refractivity contribution in [2.75, 3.05) is 5.32 Å². The van der Waals surface area contributed by atoms with E-state index in [-0.39, 0.29) is 24.3 Å². The van der Waals surface area contributed by atoms with Crippen LogP contribution in [0.1, 0.15) is 39.2 Å². The molecule has 0 aromatic heterocycles. The summed E-state index contributed by atoms with van der Waals surface area (Å²) in [7, 11) is 0. The Morgan fingerprint density at radius 2 is 2.00 bits per heavy atom. The summed E-state index contributed by atoms with van der Waals surface area (Å²) in [4.78, 5) is 25.8. The van der Waals surface area contributed by atoms with Gasteiger partial charge in [-0.3, -0.25) is 14.5 Å². The summed E-state index contributed by atoms with van der Waals surface area (Å²) in [5.41, 5.74) is 2.11. The number of nitrogens with one attached hydrogen (secondary N) is 1. The van der Waals surface area contributed by atoms with Gasteiger partial charge in [0, 0.05) is 11.7 Å². The zero-order valence-electron chi connectivity index (χ0n) is 12.3. The first kappa shape index (κ1) is 14.6. The molecule has 0 radical (unpaired) electrons. The van der Waals surface area contributed by atoms with Crippen molar-refractivity contribution in [3.05, 3.63) is 29.8 Å². The Labute approximate surface area is 120 Å². The first-order chi connectivity index (χ1) is 9.58. The summed E-state index contributed by atoms with van der Waals surface area (Å²) in [6.07, 6.45) is 1.93. The molecule has 1 saturated heterocycles. The molecular weight excluding hydrogens is 252 g/mol. The number of anilines is 1. The Morgan fingerprint density at radius 3 is 2.65 bits per heavy atom. The molecule has 2 amide bonds. The lowest BCUT2D eigenvalue weighted by Gasteiger charge is -2.22. The number of hydrogen-bond acceptors (Lipinski definition) is 3. The molecule has 108 valence electrons. The van der Waals surface area contributed by atoms with Crippen LogP contribution >= 0.6 is 0 Å². The van der Waals surface area contributed by atoms with Gasteiger partial charge < -0.3 is 5.32 Å². The van der Waals surface area contributed by atoms with Gasteiger partial charge in [-0.05, 0) is 31.4 Å². The largest absolute Gasteiger partial charge is 0.373 e. The fraction of sp³-hybridized carbons (Fsp3) is 0.500. The normalized spacial score (nSPS) is 20.4. The van der Waals surface area contributed by atoms with Crippen LogP contribution < -0.4 is 5.32 Å². The molecular formula is C16H22N2O2. The van der Waals surface area contributed by atoms with Crippen LogP contribution in [0.25, 0.3) is 0 Å². The molecule has 1 N–H and O–H groups in total. The molecule has 1 fully saturated rings. The van der Waals surface area contributed by atoms with Crippen LogP contribution in [0.2, 0.25) is 0 Å². The van der Waals surface area contributed by atoms with Crippen LogP contribution in [0.15, 0.2) is 24.3 Å². The zero-order chi connectivity index (χ0) is 14.7. The minimum atomic E-state index is -0.427. The number of rotatable bonds is 5. The highest BCUT2D eigenvalue weighted by atomic mass is 16.2. The molecule has 2 unspecified atom stereocenters. The second-order valence-corrected chi connectivity index (χ2v) is 5.27. The number of para-hydroxylation sites is 1. The van der Waals surface area contributed by atoms with Crippen LogP contribution in [-0.4, -0.2) is 28.8 Å². The summed E-state index contributed by atoms with van der Waals surface area (Å²) < 4.78 is 0. The average molecular weight is 274 g/mol. The SMILES string of the molecule is CCc1ccccc1NC1CC(=O)N(C(C)CC)C1=O. The van der Waals surface area contributed by atoms with Crippen LogP contribution in [0, 0.1) is 0 Å². The van der Waals surface area contributed by atoms with Crippen molar-refractivity contribution in [3.8, 4) is 0 Å². The van der Waals surface area contributed by atoms with Crippen molar-refractivity contribution in [1.82, 2.24) is 4.90 Å². The lowest BCUT2D eigenvalue weighted by atomic mass is 10.1. The predicted molar refractivity (Wildman–Crippen MR) is 79.5 cm³/mol. The number of amides is 2. The maximum Gasteiger partial charge on any atom is 0.252 e. The van der Waals surface area contributed by atoms with Gasteiger partial charge in [0.15, 0.2) is 0 Å². The van der Waals surface area contributed by atoms with Gasteiger partial charge in [-0.15, -0.1) is 0 Å². The molecule has 2 rings (SSSR count). The summed E-state index contributed by atoms with van der Waals surface area (Å²) in [6.45, 7) is 5.98. The molecule has 4 nitrogen and oxygen atoms in total. The van der Waals surface area contributed by atoms with E-state index in [0.29, 0.717) is 0 Å². The monoisotopic (exact) mass is 274 g/mol. The maximum absolute atomic E-state index is 12.4.